The van der Waals surface area contributed by atoms with Gasteiger partial charge in [-0.3, -0.25) is 4.79 Å². The maximum atomic E-state index is 12.1. The molecule has 1 N–H and O–H groups in total. The molecule has 0 aromatic heterocycles. The summed E-state index contributed by atoms with van der Waals surface area (Å²) in [5.74, 6) is 0.0323. The van der Waals surface area contributed by atoms with Crippen LogP contribution in [0.5, 0.6) is 5.75 Å². The van der Waals surface area contributed by atoms with Crippen molar-refractivity contribution in [2.75, 3.05) is 5.32 Å². The van der Waals surface area contributed by atoms with Crippen LogP contribution in [0, 0.1) is 22.7 Å². The van der Waals surface area contributed by atoms with Crippen molar-refractivity contribution in [1.29, 1.82) is 10.5 Å². The third-order valence-corrected chi connectivity index (χ3v) is 2.96. The van der Waals surface area contributed by atoms with Gasteiger partial charge in [-0.15, -0.1) is 0 Å². The lowest BCUT2D eigenvalue weighted by molar-refractivity contribution is -0.122. The van der Waals surface area contributed by atoms with E-state index in [1.165, 1.54) is 0 Å². The maximum Gasteiger partial charge on any atom is 0.265 e. The zero-order valence-electron chi connectivity index (χ0n) is 11.9. The lowest BCUT2D eigenvalue weighted by Crippen LogP contribution is -2.30. The summed E-state index contributed by atoms with van der Waals surface area (Å²) in [5, 5.41) is 20.4. The molecule has 1 atom stereocenters. The Kier molecular flexibility index (Phi) is 4.74. The minimum Gasteiger partial charge on any atom is -0.480 e. The normalized spacial score (nSPS) is 10.9. The largest absolute Gasteiger partial charge is 0.480 e. The SMILES string of the molecule is C[C@H](Oc1ccccc1C#N)C(=O)Nc1ccc(C#N)cc1. The van der Waals surface area contributed by atoms with Gasteiger partial charge in [-0.2, -0.15) is 10.5 Å². The molecule has 22 heavy (non-hydrogen) atoms. The molecule has 0 spiro atoms. The van der Waals surface area contributed by atoms with Gasteiger partial charge in [0.2, 0.25) is 0 Å². The third kappa shape index (κ3) is 3.62. The number of nitriles is 2. The number of amides is 1. The minimum atomic E-state index is -0.759. The zero-order valence-corrected chi connectivity index (χ0v) is 11.9. The van der Waals surface area contributed by atoms with Crippen molar-refractivity contribution in [2.45, 2.75) is 13.0 Å². The van der Waals surface area contributed by atoms with E-state index in [1.54, 1.807) is 55.5 Å². The first-order chi connectivity index (χ1) is 10.6. The Morgan fingerprint density at radius 2 is 1.77 bits per heavy atom. The molecular weight excluding hydrogens is 278 g/mol. The Hall–Kier alpha value is -3.31. The highest BCUT2D eigenvalue weighted by Gasteiger charge is 2.16. The molecule has 5 heteroatoms. The highest BCUT2D eigenvalue weighted by atomic mass is 16.5. The number of hydrogen-bond donors (Lipinski definition) is 1. The molecule has 0 saturated carbocycles. The average molecular weight is 291 g/mol. The van der Waals surface area contributed by atoms with Gasteiger partial charge in [-0.1, -0.05) is 12.1 Å². The number of anilines is 1. The average Bonchev–Trinajstić information content (AvgIpc) is 2.56. The van der Waals surface area contributed by atoms with Gasteiger partial charge in [-0.25, -0.2) is 0 Å². The summed E-state index contributed by atoms with van der Waals surface area (Å²) in [6, 6.07) is 17.3. The summed E-state index contributed by atoms with van der Waals surface area (Å²) in [5.41, 5.74) is 1.47. The Balaban J connectivity index is 2.03. The van der Waals surface area contributed by atoms with Gasteiger partial charge in [0, 0.05) is 5.69 Å². The van der Waals surface area contributed by atoms with Crippen molar-refractivity contribution in [2.24, 2.45) is 0 Å². The van der Waals surface area contributed by atoms with Crippen molar-refractivity contribution in [3.8, 4) is 17.9 Å². The Morgan fingerprint density at radius 1 is 1.09 bits per heavy atom. The third-order valence-electron chi connectivity index (χ3n) is 2.96. The summed E-state index contributed by atoms with van der Waals surface area (Å²) in [6.07, 6.45) is -0.759. The number of rotatable bonds is 4. The van der Waals surface area contributed by atoms with E-state index in [2.05, 4.69) is 5.32 Å². The van der Waals surface area contributed by atoms with Crippen molar-refractivity contribution in [3.05, 3.63) is 59.7 Å². The molecule has 0 saturated heterocycles. The van der Waals surface area contributed by atoms with Crippen molar-refractivity contribution in [1.82, 2.24) is 0 Å². The highest BCUT2D eigenvalue weighted by molar-refractivity contribution is 5.94. The van der Waals surface area contributed by atoms with Crippen LogP contribution in [0.25, 0.3) is 0 Å². The van der Waals surface area contributed by atoms with Gasteiger partial charge >= 0.3 is 0 Å². The molecule has 0 heterocycles. The van der Waals surface area contributed by atoms with Gasteiger partial charge in [0.05, 0.1) is 17.2 Å². The second-order valence-corrected chi connectivity index (χ2v) is 4.55. The predicted octanol–water partition coefficient (Wildman–Crippen LogP) is 2.84. The van der Waals surface area contributed by atoms with Crippen LogP contribution >= 0.6 is 0 Å². The van der Waals surface area contributed by atoms with Crippen LogP contribution < -0.4 is 10.1 Å². The van der Waals surface area contributed by atoms with E-state index in [-0.39, 0.29) is 5.91 Å². The van der Waals surface area contributed by atoms with Gasteiger partial charge in [0.1, 0.15) is 11.8 Å². The number of benzene rings is 2. The molecule has 0 bridgehead atoms. The lowest BCUT2D eigenvalue weighted by atomic mass is 10.2. The predicted molar refractivity (Wildman–Crippen MR) is 81.0 cm³/mol. The van der Waals surface area contributed by atoms with Gasteiger partial charge in [0.25, 0.3) is 5.91 Å². The monoisotopic (exact) mass is 291 g/mol. The molecule has 2 aromatic rings. The summed E-state index contributed by atoms with van der Waals surface area (Å²) in [6.45, 7) is 1.60. The molecule has 2 aromatic carbocycles. The summed E-state index contributed by atoms with van der Waals surface area (Å²) in [7, 11) is 0. The fourth-order valence-corrected chi connectivity index (χ4v) is 1.78. The van der Waals surface area contributed by atoms with Crippen LogP contribution in [0.4, 0.5) is 5.69 Å². The molecule has 108 valence electrons. The molecule has 2 rings (SSSR count). The number of nitrogens with zero attached hydrogens (tertiary/aromatic N) is 2. The van der Waals surface area contributed by atoms with E-state index in [0.717, 1.165) is 0 Å². The quantitative estimate of drug-likeness (QED) is 0.938. The van der Waals surface area contributed by atoms with E-state index >= 15 is 0 Å². The molecule has 0 fully saturated rings. The lowest BCUT2D eigenvalue weighted by Gasteiger charge is -2.15. The van der Waals surface area contributed by atoms with E-state index in [1.807, 2.05) is 12.1 Å². The first kappa shape index (κ1) is 15.1. The fourth-order valence-electron chi connectivity index (χ4n) is 1.78. The number of hydrogen-bond acceptors (Lipinski definition) is 4. The van der Waals surface area contributed by atoms with E-state index in [9.17, 15) is 4.79 Å². The van der Waals surface area contributed by atoms with Crippen LogP contribution in [0.15, 0.2) is 48.5 Å². The van der Waals surface area contributed by atoms with Crippen molar-refractivity contribution in [3.63, 3.8) is 0 Å². The molecule has 1 amide bonds. The summed E-state index contributed by atoms with van der Waals surface area (Å²) in [4.78, 5) is 12.1. The van der Waals surface area contributed by atoms with Crippen molar-refractivity contribution >= 4 is 11.6 Å². The van der Waals surface area contributed by atoms with Crippen LogP contribution in [0.2, 0.25) is 0 Å². The van der Waals surface area contributed by atoms with E-state index in [0.29, 0.717) is 22.6 Å². The Bertz CT molecular complexity index is 755. The first-order valence-corrected chi connectivity index (χ1v) is 6.61. The zero-order chi connectivity index (χ0) is 15.9. The van der Waals surface area contributed by atoms with Gasteiger partial charge < -0.3 is 10.1 Å². The van der Waals surface area contributed by atoms with Gasteiger partial charge in [-0.05, 0) is 43.3 Å². The van der Waals surface area contributed by atoms with Crippen LogP contribution in [-0.2, 0) is 4.79 Å². The molecule has 0 unspecified atom stereocenters. The second kappa shape index (κ2) is 6.92. The molecule has 0 aliphatic rings. The molecule has 0 aliphatic heterocycles. The highest BCUT2D eigenvalue weighted by Crippen LogP contribution is 2.18. The standard InChI is InChI=1S/C17H13N3O2/c1-12(22-16-5-3-2-4-14(16)11-19)17(21)20-15-8-6-13(10-18)7-9-15/h2-9,12H,1H3,(H,20,21)/t12-/m0/s1. The molecule has 0 aliphatic carbocycles. The Morgan fingerprint density at radius 3 is 2.41 bits per heavy atom. The smallest absolute Gasteiger partial charge is 0.265 e. The number of para-hydroxylation sites is 1. The maximum absolute atomic E-state index is 12.1. The number of carbonyl (C=O) groups excluding carboxylic acids is 1. The molecular formula is C17H13N3O2. The van der Waals surface area contributed by atoms with E-state index in [4.69, 9.17) is 15.3 Å². The van der Waals surface area contributed by atoms with Gasteiger partial charge in [0.15, 0.2) is 6.10 Å². The van der Waals surface area contributed by atoms with Crippen LogP contribution in [0.3, 0.4) is 0 Å². The molecule has 0 radical (unpaired) electrons. The second-order valence-electron chi connectivity index (χ2n) is 4.55. The van der Waals surface area contributed by atoms with Crippen molar-refractivity contribution < 1.29 is 9.53 Å². The van der Waals surface area contributed by atoms with E-state index < -0.39 is 6.10 Å². The number of nitrogens with one attached hydrogen (secondary N) is 1. The minimum absolute atomic E-state index is 0.336. The van der Waals surface area contributed by atoms with Crippen LogP contribution in [0.1, 0.15) is 18.1 Å². The molecule has 5 nitrogen and oxygen atoms in total. The first-order valence-electron chi connectivity index (χ1n) is 6.61. The summed E-state index contributed by atoms with van der Waals surface area (Å²) >= 11 is 0. The Labute approximate surface area is 128 Å². The number of ether oxygens (including phenoxy) is 1. The fraction of sp³-hybridized carbons (Fsp3) is 0.118. The topological polar surface area (TPSA) is 85.9 Å². The number of carbonyl (C=O) groups is 1. The van der Waals surface area contributed by atoms with Crippen LogP contribution in [-0.4, -0.2) is 12.0 Å². The summed E-state index contributed by atoms with van der Waals surface area (Å²) < 4.78 is 5.53.